The molecule has 3 rings (SSSR count). The Morgan fingerprint density at radius 1 is 1.19 bits per heavy atom. The largest absolute Gasteiger partial charge is 0.486 e. The van der Waals surface area contributed by atoms with Crippen molar-refractivity contribution in [2.24, 2.45) is 0 Å². The lowest BCUT2D eigenvalue weighted by atomic mass is 10.1. The number of carboxylic acid groups (broad SMARTS) is 1. The average Bonchev–Trinajstić information content (AvgIpc) is 2.60. The highest BCUT2D eigenvalue weighted by Crippen LogP contribution is 2.36. The highest BCUT2D eigenvalue weighted by molar-refractivity contribution is 7.92. The van der Waals surface area contributed by atoms with Crippen molar-refractivity contribution in [2.45, 2.75) is 11.8 Å². The monoisotopic (exact) mass is 394 g/mol. The Morgan fingerprint density at radius 3 is 2.41 bits per heavy atom. The van der Waals surface area contributed by atoms with E-state index in [0.717, 1.165) is 12.1 Å². The zero-order valence-corrected chi connectivity index (χ0v) is 14.8. The molecule has 0 amide bonds. The number of hydrogen-bond donors (Lipinski definition) is 2. The molecule has 0 spiro atoms. The first-order valence-electron chi connectivity index (χ1n) is 7.64. The number of sulfonamides is 1. The molecule has 1 aliphatic rings. The minimum absolute atomic E-state index is 0.188. The van der Waals surface area contributed by atoms with Crippen LogP contribution in [0.3, 0.4) is 0 Å². The van der Waals surface area contributed by atoms with Gasteiger partial charge in [-0.15, -0.1) is 0 Å². The number of carboxylic acids is 1. The topological polar surface area (TPSA) is 145 Å². The molecule has 0 radical (unpaired) electrons. The second-order valence-corrected chi connectivity index (χ2v) is 7.31. The van der Waals surface area contributed by atoms with Crippen LogP contribution in [0.1, 0.15) is 15.9 Å². The van der Waals surface area contributed by atoms with Crippen LogP contribution < -0.4 is 14.2 Å². The van der Waals surface area contributed by atoms with E-state index in [-0.39, 0.29) is 46.4 Å². The lowest BCUT2D eigenvalue weighted by molar-refractivity contribution is -0.385. The fraction of sp³-hybridized carbons (Fsp3) is 0.188. The molecule has 0 aliphatic carbocycles. The summed E-state index contributed by atoms with van der Waals surface area (Å²) in [7, 11) is -4.30. The van der Waals surface area contributed by atoms with Crippen molar-refractivity contribution in [1.82, 2.24) is 0 Å². The van der Waals surface area contributed by atoms with Crippen LogP contribution in [-0.4, -0.2) is 37.6 Å². The summed E-state index contributed by atoms with van der Waals surface area (Å²) in [6.45, 7) is 1.94. The number of non-ortho nitro benzene ring substituents is 1. The molecule has 0 unspecified atom stereocenters. The second-order valence-electron chi connectivity index (χ2n) is 5.66. The van der Waals surface area contributed by atoms with Gasteiger partial charge in [0.25, 0.3) is 15.7 Å². The van der Waals surface area contributed by atoms with E-state index in [4.69, 9.17) is 9.47 Å². The van der Waals surface area contributed by atoms with Crippen molar-refractivity contribution in [2.75, 3.05) is 17.9 Å². The molecule has 2 N–H and O–H groups in total. The SMILES string of the molecule is Cc1ccc([N+](=O)[O-])cc1S(=O)(=O)Nc1cc2c(cc1C(=O)O)OCCO2. The smallest absolute Gasteiger partial charge is 0.337 e. The summed E-state index contributed by atoms with van der Waals surface area (Å²) < 4.78 is 38.3. The van der Waals surface area contributed by atoms with Gasteiger partial charge in [0.1, 0.15) is 13.2 Å². The van der Waals surface area contributed by atoms with Gasteiger partial charge in [0.2, 0.25) is 0 Å². The molecule has 0 saturated carbocycles. The van der Waals surface area contributed by atoms with Crippen molar-refractivity contribution >= 4 is 27.4 Å². The fourth-order valence-corrected chi connectivity index (χ4v) is 3.88. The van der Waals surface area contributed by atoms with Crippen LogP contribution in [0, 0.1) is 17.0 Å². The number of nitro groups is 1. The summed E-state index contributed by atoms with van der Waals surface area (Å²) >= 11 is 0. The van der Waals surface area contributed by atoms with E-state index in [2.05, 4.69) is 4.72 Å². The number of nitro benzene ring substituents is 1. The molecule has 1 aliphatic heterocycles. The fourth-order valence-electron chi connectivity index (χ4n) is 2.54. The number of fused-ring (bicyclic) bond motifs is 1. The summed E-state index contributed by atoms with van der Waals surface area (Å²) in [5.41, 5.74) is -0.715. The van der Waals surface area contributed by atoms with Crippen LogP contribution in [-0.2, 0) is 10.0 Å². The van der Waals surface area contributed by atoms with Crippen molar-refractivity contribution in [3.8, 4) is 11.5 Å². The number of benzene rings is 2. The summed E-state index contributed by atoms with van der Waals surface area (Å²) in [6, 6.07) is 5.77. The molecule has 2 aromatic rings. The summed E-state index contributed by atoms with van der Waals surface area (Å²) in [6.07, 6.45) is 0. The molecule has 10 nitrogen and oxygen atoms in total. The van der Waals surface area contributed by atoms with E-state index >= 15 is 0 Å². The van der Waals surface area contributed by atoms with Gasteiger partial charge in [-0.05, 0) is 12.5 Å². The molecule has 0 saturated heterocycles. The van der Waals surface area contributed by atoms with Crippen molar-refractivity contribution < 1.29 is 32.7 Å². The Labute approximate surface area is 153 Å². The number of rotatable bonds is 5. The van der Waals surface area contributed by atoms with Gasteiger partial charge < -0.3 is 14.6 Å². The highest BCUT2D eigenvalue weighted by Gasteiger charge is 2.25. The first kappa shape index (κ1) is 18.5. The number of nitrogens with zero attached hydrogens (tertiary/aromatic N) is 1. The molecule has 2 aromatic carbocycles. The quantitative estimate of drug-likeness (QED) is 0.580. The van der Waals surface area contributed by atoms with Gasteiger partial charge >= 0.3 is 5.97 Å². The van der Waals surface area contributed by atoms with E-state index < -0.39 is 26.6 Å². The minimum Gasteiger partial charge on any atom is -0.486 e. The van der Waals surface area contributed by atoms with Gasteiger partial charge in [-0.2, -0.15) is 0 Å². The Bertz CT molecular complexity index is 1050. The zero-order valence-electron chi connectivity index (χ0n) is 14.0. The number of anilines is 1. The highest BCUT2D eigenvalue weighted by atomic mass is 32.2. The predicted molar refractivity (Wildman–Crippen MR) is 93.0 cm³/mol. The average molecular weight is 394 g/mol. The zero-order chi connectivity index (χ0) is 19.8. The molecular formula is C16H14N2O8S. The van der Waals surface area contributed by atoms with E-state index in [1.807, 2.05) is 0 Å². The molecular weight excluding hydrogens is 380 g/mol. The maximum Gasteiger partial charge on any atom is 0.337 e. The second kappa shape index (κ2) is 6.76. The van der Waals surface area contributed by atoms with Crippen molar-refractivity contribution in [1.29, 1.82) is 0 Å². The van der Waals surface area contributed by atoms with Crippen molar-refractivity contribution in [3.05, 3.63) is 51.6 Å². The maximum atomic E-state index is 12.7. The van der Waals surface area contributed by atoms with Gasteiger partial charge in [0.15, 0.2) is 11.5 Å². The van der Waals surface area contributed by atoms with E-state index in [1.54, 1.807) is 0 Å². The van der Waals surface area contributed by atoms with Crippen LogP contribution in [0.2, 0.25) is 0 Å². The Kier molecular flexibility index (Phi) is 4.62. The van der Waals surface area contributed by atoms with Crippen LogP contribution in [0.15, 0.2) is 35.2 Å². The molecule has 11 heteroatoms. The lowest BCUT2D eigenvalue weighted by Crippen LogP contribution is -2.19. The number of nitrogens with one attached hydrogen (secondary N) is 1. The third-order valence-corrected chi connectivity index (χ3v) is 5.34. The molecule has 1 heterocycles. The predicted octanol–water partition coefficient (Wildman–Crippen LogP) is 2.17. The number of carbonyl (C=O) groups is 1. The minimum atomic E-state index is -4.30. The van der Waals surface area contributed by atoms with E-state index in [1.165, 1.54) is 25.1 Å². The Morgan fingerprint density at radius 2 is 1.81 bits per heavy atom. The first-order chi connectivity index (χ1) is 12.7. The molecule has 0 atom stereocenters. The van der Waals surface area contributed by atoms with Gasteiger partial charge in [0, 0.05) is 24.3 Å². The normalized spacial score (nSPS) is 13.1. The van der Waals surface area contributed by atoms with Crippen LogP contribution in [0.5, 0.6) is 11.5 Å². The summed E-state index contributed by atoms with van der Waals surface area (Å²) in [4.78, 5) is 21.4. The number of aryl methyl sites for hydroxylation is 1. The van der Waals surface area contributed by atoms with Crippen LogP contribution in [0.4, 0.5) is 11.4 Å². The molecule has 0 aromatic heterocycles. The number of ether oxygens (including phenoxy) is 2. The van der Waals surface area contributed by atoms with Gasteiger partial charge in [-0.1, -0.05) is 6.07 Å². The standard InChI is InChI=1S/C16H14N2O8S/c1-9-2-3-10(18(21)22)6-15(9)27(23,24)17-12-8-14-13(25-4-5-26-14)7-11(12)16(19)20/h2-3,6-8,17H,4-5H2,1H3,(H,19,20). The van der Waals surface area contributed by atoms with Crippen LogP contribution >= 0.6 is 0 Å². The number of hydrogen-bond acceptors (Lipinski definition) is 7. The van der Waals surface area contributed by atoms with Gasteiger partial charge in [0.05, 0.1) is 21.1 Å². The lowest BCUT2D eigenvalue weighted by Gasteiger charge is -2.21. The Balaban J connectivity index is 2.07. The summed E-state index contributed by atoms with van der Waals surface area (Å²) in [5, 5.41) is 20.3. The molecule has 0 fully saturated rings. The van der Waals surface area contributed by atoms with Crippen LogP contribution in [0.25, 0.3) is 0 Å². The third kappa shape index (κ3) is 3.62. The van der Waals surface area contributed by atoms with Gasteiger partial charge in [-0.3, -0.25) is 14.8 Å². The molecule has 27 heavy (non-hydrogen) atoms. The van der Waals surface area contributed by atoms with E-state index in [0.29, 0.717) is 0 Å². The third-order valence-electron chi connectivity index (χ3n) is 3.83. The first-order valence-corrected chi connectivity index (χ1v) is 9.12. The maximum absolute atomic E-state index is 12.7. The van der Waals surface area contributed by atoms with E-state index in [9.17, 15) is 28.4 Å². The molecule has 0 bridgehead atoms. The number of aromatic carboxylic acids is 1. The Hall–Kier alpha value is -3.34. The van der Waals surface area contributed by atoms with Gasteiger partial charge in [-0.25, -0.2) is 13.2 Å². The summed E-state index contributed by atoms with van der Waals surface area (Å²) in [5.74, 6) is -0.992. The molecule has 142 valence electrons. The van der Waals surface area contributed by atoms with Crippen molar-refractivity contribution in [3.63, 3.8) is 0 Å².